The predicted molar refractivity (Wildman–Crippen MR) is 110 cm³/mol. The Morgan fingerprint density at radius 2 is 1.04 bits per heavy atom. The van der Waals surface area contributed by atoms with Gasteiger partial charge in [-0.2, -0.15) is 0 Å². The Hall–Kier alpha value is -3.14. The zero-order chi connectivity index (χ0) is 20.8. The van der Waals surface area contributed by atoms with Crippen LogP contribution in [0.15, 0.2) is 85.0 Å². The van der Waals surface area contributed by atoms with Crippen molar-refractivity contribution in [2.75, 3.05) is 0 Å². The minimum Gasteiger partial charge on any atom is -0.478 e. The van der Waals surface area contributed by atoms with Crippen molar-refractivity contribution < 1.29 is 19.8 Å². The number of hydrogen-bond acceptors (Lipinski definition) is 2. The third-order valence-electron chi connectivity index (χ3n) is 3.54. The van der Waals surface area contributed by atoms with Crippen molar-refractivity contribution in [2.45, 2.75) is 33.1 Å². The summed E-state index contributed by atoms with van der Waals surface area (Å²) in [5, 5.41) is 15.8. The highest BCUT2D eigenvalue weighted by Gasteiger charge is 2.10. The fourth-order valence-electron chi connectivity index (χ4n) is 2.03. The van der Waals surface area contributed by atoms with Gasteiger partial charge in [0.25, 0.3) is 0 Å². The second-order valence-electron chi connectivity index (χ2n) is 5.95. The van der Waals surface area contributed by atoms with Gasteiger partial charge in [-0.3, -0.25) is 0 Å². The molecule has 0 aromatic heterocycles. The maximum atomic E-state index is 9.60. The molecule has 0 spiro atoms. The summed E-state index contributed by atoms with van der Waals surface area (Å²) in [6.07, 6.45) is 1.15. The van der Waals surface area contributed by atoms with Gasteiger partial charge < -0.3 is 10.2 Å². The van der Waals surface area contributed by atoms with E-state index in [-0.39, 0.29) is 11.1 Å². The molecule has 0 aliphatic carbocycles. The topological polar surface area (TPSA) is 74.6 Å². The van der Waals surface area contributed by atoms with Crippen LogP contribution in [-0.2, 0) is 9.59 Å². The van der Waals surface area contributed by atoms with Gasteiger partial charge in [-0.1, -0.05) is 80.7 Å². The van der Waals surface area contributed by atoms with E-state index in [0.29, 0.717) is 5.92 Å². The van der Waals surface area contributed by atoms with Gasteiger partial charge in [-0.05, 0) is 31.4 Å². The fourth-order valence-corrected chi connectivity index (χ4v) is 2.03. The van der Waals surface area contributed by atoms with E-state index in [9.17, 15) is 9.59 Å². The molecule has 27 heavy (non-hydrogen) atoms. The number of carbonyl (C=O) groups is 2. The number of carboxylic acid groups (broad SMARTS) is 2. The Kier molecular flexibility index (Phi) is 11.6. The molecule has 2 rings (SSSR count). The van der Waals surface area contributed by atoms with Gasteiger partial charge in [0.2, 0.25) is 0 Å². The zero-order valence-corrected chi connectivity index (χ0v) is 16.2. The Morgan fingerprint density at radius 3 is 1.22 bits per heavy atom. The van der Waals surface area contributed by atoms with Crippen LogP contribution >= 0.6 is 0 Å². The Bertz CT molecular complexity index is 646. The highest BCUT2D eigenvalue weighted by atomic mass is 16.4. The van der Waals surface area contributed by atoms with Gasteiger partial charge in [0.05, 0.1) is 0 Å². The zero-order valence-electron chi connectivity index (χ0n) is 16.2. The molecule has 144 valence electrons. The van der Waals surface area contributed by atoms with Gasteiger partial charge in [-0.15, -0.1) is 0 Å². The standard InChI is InChI=1S/C15H16.2C4H6O2/c1-2-15(13-9-5-3-6-10-13)14-11-7-4-8-12-14;2*1-3(2)4(5)6/h3-12,15H,2H2,1H3;2*1H2,2H3,(H,5,6). The van der Waals surface area contributed by atoms with Crippen molar-refractivity contribution in [2.24, 2.45) is 0 Å². The van der Waals surface area contributed by atoms with Gasteiger partial charge >= 0.3 is 11.9 Å². The van der Waals surface area contributed by atoms with Gasteiger partial charge in [0.15, 0.2) is 0 Å². The fraction of sp³-hybridized carbons (Fsp3) is 0.217. The molecule has 0 saturated heterocycles. The summed E-state index contributed by atoms with van der Waals surface area (Å²) in [7, 11) is 0. The van der Waals surface area contributed by atoms with Crippen molar-refractivity contribution in [1.82, 2.24) is 0 Å². The molecule has 4 nitrogen and oxygen atoms in total. The van der Waals surface area contributed by atoms with Crippen LogP contribution in [0.4, 0.5) is 0 Å². The SMILES string of the molecule is C=C(C)C(=O)O.C=C(C)C(=O)O.CCC(c1ccccc1)c1ccccc1. The summed E-state index contributed by atoms with van der Waals surface area (Å²) in [5.74, 6) is -1.34. The lowest BCUT2D eigenvalue weighted by Gasteiger charge is -2.15. The van der Waals surface area contributed by atoms with E-state index in [1.807, 2.05) is 0 Å². The molecule has 4 heteroatoms. The van der Waals surface area contributed by atoms with Gasteiger partial charge in [0, 0.05) is 17.1 Å². The van der Waals surface area contributed by atoms with Crippen LogP contribution in [0.1, 0.15) is 44.2 Å². The quantitative estimate of drug-likeness (QED) is 0.681. The lowest BCUT2D eigenvalue weighted by Crippen LogP contribution is -1.98. The molecule has 2 N–H and O–H groups in total. The smallest absolute Gasteiger partial charge is 0.330 e. The first kappa shape index (κ1) is 23.9. The maximum absolute atomic E-state index is 9.60. The van der Waals surface area contributed by atoms with Crippen LogP contribution in [0.2, 0.25) is 0 Å². The largest absolute Gasteiger partial charge is 0.478 e. The monoisotopic (exact) mass is 368 g/mol. The molecule has 0 atom stereocenters. The molecular formula is C23H28O4. The van der Waals surface area contributed by atoms with Crippen LogP contribution < -0.4 is 0 Å². The lowest BCUT2D eigenvalue weighted by atomic mass is 9.89. The van der Waals surface area contributed by atoms with Crippen LogP contribution in [0, 0.1) is 0 Å². The van der Waals surface area contributed by atoms with E-state index < -0.39 is 11.9 Å². The molecule has 0 heterocycles. The third kappa shape index (κ3) is 10.4. The first-order valence-corrected chi connectivity index (χ1v) is 8.58. The molecule has 0 aliphatic rings. The molecule has 2 aromatic carbocycles. The van der Waals surface area contributed by atoms with E-state index in [1.165, 1.54) is 25.0 Å². The van der Waals surface area contributed by atoms with Crippen molar-refractivity contribution in [1.29, 1.82) is 0 Å². The molecule has 0 aliphatic heterocycles. The number of rotatable bonds is 5. The van der Waals surface area contributed by atoms with Crippen molar-refractivity contribution in [3.05, 3.63) is 96.1 Å². The van der Waals surface area contributed by atoms with Gasteiger partial charge in [-0.25, -0.2) is 9.59 Å². The van der Waals surface area contributed by atoms with Crippen LogP contribution in [0.3, 0.4) is 0 Å². The van der Waals surface area contributed by atoms with Crippen LogP contribution in [0.5, 0.6) is 0 Å². The Labute approximate surface area is 161 Å². The minimum absolute atomic E-state index is 0.176. The molecule has 0 saturated carbocycles. The summed E-state index contributed by atoms with van der Waals surface area (Å²) >= 11 is 0. The first-order valence-electron chi connectivity index (χ1n) is 8.58. The predicted octanol–water partition coefficient (Wildman–Crippen LogP) is 5.52. The second-order valence-corrected chi connectivity index (χ2v) is 5.95. The molecule has 0 amide bonds. The van der Waals surface area contributed by atoms with E-state index in [1.54, 1.807) is 0 Å². The minimum atomic E-state index is -0.935. The summed E-state index contributed by atoms with van der Waals surface area (Å²) < 4.78 is 0. The molecule has 0 radical (unpaired) electrons. The molecule has 0 unspecified atom stereocenters. The number of carboxylic acids is 2. The molecule has 0 bridgehead atoms. The van der Waals surface area contributed by atoms with E-state index in [0.717, 1.165) is 6.42 Å². The van der Waals surface area contributed by atoms with Crippen LogP contribution in [0.25, 0.3) is 0 Å². The highest BCUT2D eigenvalue weighted by Crippen LogP contribution is 2.26. The van der Waals surface area contributed by atoms with Gasteiger partial charge in [0.1, 0.15) is 0 Å². The normalized spacial score (nSPS) is 9.19. The summed E-state index contributed by atoms with van der Waals surface area (Å²) in [6.45, 7) is 11.4. The Balaban J connectivity index is 0.000000470. The number of aliphatic carboxylic acids is 2. The third-order valence-corrected chi connectivity index (χ3v) is 3.54. The maximum Gasteiger partial charge on any atom is 0.330 e. The average Bonchev–Trinajstić information content (AvgIpc) is 2.65. The number of hydrogen-bond donors (Lipinski definition) is 2. The van der Waals surface area contributed by atoms with E-state index in [4.69, 9.17) is 10.2 Å². The molecule has 2 aromatic rings. The average molecular weight is 368 g/mol. The van der Waals surface area contributed by atoms with Crippen molar-refractivity contribution >= 4 is 11.9 Å². The Morgan fingerprint density at radius 1 is 0.778 bits per heavy atom. The van der Waals surface area contributed by atoms with E-state index >= 15 is 0 Å². The van der Waals surface area contributed by atoms with Crippen LogP contribution in [-0.4, -0.2) is 22.2 Å². The van der Waals surface area contributed by atoms with Crippen molar-refractivity contribution in [3.63, 3.8) is 0 Å². The second kappa shape index (κ2) is 13.1. The summed E-state index contributed by atoms with van der Waals surface area (Å²) in [6, 6.07) is 21.4. The summed E-state index contributed by atoms with van der Waals surface area (Å²) in [5.41, 5.74) is 3.17. The lowest BCUT2D eigenvalue weighted by molar-refractivity contribution is -0.133. The summed E-state index contributed by atoms with van der Waals surface area (Å²) in [4.78, 5) is 19.2. The van der Waals surface area contributed by atoms with E-state index in [2.05, 4.69) is 80.7 Å². The highest BCUT2D eigenvalue weighted by molar-refractivity contribution is 5.85. The molecule has 0 fully saturated rings. The molecular weight excluding hydrogens is 340 g/mol. The first-order chi connectivity index (χ1) is 12.7. The van der Waals surface area contributed by atoms with Crippen molar-refractivity contribution in [3.8, 4) is 0 Å². The number of benzene rings is 2.